The van der Waals surface area contributed by atoms with Gasteiger partial charge in [-0.3, -0.25) is 9.40 Å². The third-order valence-corrected chi connectivity index (χ3v) is 6.24. The highest BCUT2D eigenvalue weighted by Gasteiger charge is 2.18. The molecule has 7 nitrogen and oxygen atoms in total. The summed E-state index contributed by atoms with van der Waals surface area (Å²) >= 11 is 0. The number of nitrogens with one attached hydrogen (secondary N) is 2. The Balaban J connectivity index is 2.09. The van der Waals surface area contributed by atoms with Crippen LogP contribution in [0, 0.1) is 13.8 Å². The second-order valence-corrected chi connectivity index (χ2v) is 8.67. The van der Waals surface area contributed by atoms with Crippen molar-refractivity contribution >= 4 is 21.4 Å². The number of allylic oxidation sites excluding steroid dienone is 3. The first kappa shape index (κ1) is 22.5. The molecule has 0 bridgehead atoms. The molecule has 0 aliphatic rings. The molecule has 1 aromatic carbocycles. The van der Waals surface area contributed by atoms with E-state index < -0.39 is 10.0 Å². The molecular formula is C21H30N4O3S. The van der Waals surface area contributed by atoms with Crippen LogP contribution in [0.4, 0.5) is 11.4 Å². The average Bonchev–Trinajstić information content (AvgIpc) is 2.94. The van der Waals surface area contributed by atoms with Crippen molar-refractivity contribution < 1.29 is 13.2 Å². The fourth-order valence-electron chi connectivity index (χ4n) is 2.69. The van der Waals surface area contributed by atoms with E-state index in [1.165, 1.54) is 0 Å². The fourth-order valence-corrected chi connectivity index (χ4v) is 3.66. The Labute approximate surface area is 173 Å². The minimum Gasteiger partial charge on any atom is -0.497 e. The number of aromatic nitrogens is 2. The van der Waals surface area contributed by atoms with Gasteiger partial charge in [0, 0.05) is 19.3 Å². The quantitative estimate of drug-likeness (QED) is 0.598. The molecule has 0 atom stereocenters. The molecule has 2 rings (SSSR count). The van der Waals surface area contributed by atoms with Crippen LogP contribution in [0.2, 0.25) is 0 Å². The number of anilines is 2. The topological polar surface area (TPSA) is 85.2 Å². The molecule has 8 heteroatoms. The Morgan fingerprint density at radius 2 is 1.86 bits per heavy atom. The van der Waals surface area contributed by atoms with Crippen molar-refractivity contribution in [1.82, 2.24) is 9.78 Å². The van der Waals surface area contributed by atoms with Crippen LogP contribution in [0.25, 0.3) is 0 Å². The maximum Gasteiger partial charge on any atom is 0.257 e. The van der Waals surface area contributed by atoms with E-state index >= 15 is 0 Å². The van der Waals surface area contributed by atoms with E-state index in [1.54, 1.807) is 38.8 Å². The Morgan fingerprint density at radius 1 is 1.21 bits per heavy atom. The smallest absolute Gasteiger partial charge is 0.257 e. The van der Waals surface area contributed by atoms with Crippen LogP contribution in [0.3, 0.4) is 0 Å². The molecule has 0 spiro atoms. The van der Waals surface area contributed by atoms with Crippen LogP contribution in [0.15, 0.2) is 46.9 Å². The van der Waals surface area contributed by atoms with E-state index in [0.29, 0.717) is 17.9 Å². The number of benzene rings is 1. The molecule has 158 valence electrons. The number of methoxy groups -OCH3 is 1. The summed E-state index contributed by atoms with van der Waals surface area (Å²) in [7, 11) is -0.224. The molecule has 0 fully saturated rings. The van der Waals surface area contributed by atoms with Gasteiger partial charge in [0.2, 0.25) is 0 Å². The van der Waals surface area contributed by atoms with Gasteiger partial charge < -0.3 is 10.1 Å². The Hall–Kier alpha value is -2.74. The lowest BCUT2D eigenvalue weighted by atomic mass is 10.2. The molecule has 1 aromatic heterocycles. The van der Waals surface area contributed by atoms with Gasteiger partial charge in [-0.2, -0.15) is 5.10 Å². The van der Waals surface area contributed by atoms with Gasteiger partial charge in [-0.15, -0.1) is 0 Å². The molecule has 0 saturated heterocycles. The molecule has 0 radical (unpaired) electrons. The van der Waals surface area contributed by atoms with Crippen molar-refractivity contribution in [3.8, 4) is 5.75 Å². The van der Waals surface area contributed by atoms with Crippen LogP contribution in [0.1, 0.15) is 31.7 Å². The summed E-state index contributed by atoms with van der Waals surface area (Å²) in [6, 6.07) is 7.67. The largest absolute Gasteiger partial charge is 0.497 e. The third kappa shape index (κ3) is 5.87. The number of aryl methyl sites for hydroxylation is 2. The van der Waals surface area contributed by atoms with Crippen molar-refractivity contribution in [3.63, 3.8) is 0 Å². The summed E-state index contributed by atoms with van der Waals surface area (Å²) in [6.07, 6.45) is 4.30. The highest BCUT2D eigenvalue weighted by Crippen LogP contribution is 2.22. The average molecular weight is 419 g/mol. The standard InChI is InChI=1S/C21H30N4O3S/c1-7-18(14-22-19-10-12-20(28-6)13-11-19)9-8-15(2)29(26,27)24-21-16(3)23-25(5)17(21)4/h8-13,22,24H,7,14H2,1-6H3/b15-8+,18-9+. The number of hydrogen-bond donors (Lipinski definition) is 2. The molecular weight excluding hydrogens is 388 g/mol. The Morgan fingerprint density at radius 3 is 2.38 bits per heavy atom. The minimum atomic E-state index is -3.64. The molecule has 2 N–H and O–H groups in total. The van der Waals surface area contributed by atoms with Gasteiger partial charge in [-0.25, -0.2) is 8.42 Å². The van der Waals surface area contributed by atoms with Crippen LogP contribution >= 0.6 is 0 Å². The van der Waals surface area contributed by atoms with Crippen LogP contribution in [-0.4, -0.2) is 31.9 Å². The number of nitrogens with zero attached hydrogens (tertiary/aromatic N) is 2. The normalized spacial score (nSPS) is 12.8. The number of hydrogen-bond acceptors (Lipinski definition) is 5. The van der Waals surface area contributed by atoms with Crippen molar-refractivity contribution in [1.29, 1.82) is 0 Å². The molecule has 29 heavy (non-hydrogen) atoms. The molecule has 0 amide bonds. The zero-order valence-corrected chi connectivity index (χ0v) is 18.7. The van der Waals surface area contributed by atoms with Crippen molar-refractivity contribution in [2.24, 2.45) is 7.05 Å². The van der Waals surface area contributed by atoms with Crippen molar-refractivity contribution in [2.75, 3.05) is 23.7 Å². The summed E-state index contributed by atoms with van der Waals surface area (Å²) in [4.78, 5) is 0.246. The molecule has 0 saturated carbocycles. The van der Waals surface area contributed by atoms with Gasteiger partial charge in [0.1, 0.15) is 5.75 Å². The lowest BCUT2D eigenvalue weighted by Gasteiger charge is -2.10. The molecule has 0 aliphatic carbocycles. The second-order valence-electron chi connectivity index (χ2n) is 6.81. The first-order valence-electron chi connectivity index (χ1n) is 9.45. The van der Waals surface area contributed by atoms with E-state index in [2.05, 4.69) is 15.1 Å². The van der Waals surface area contributed by atoms with Crippen molar-refractivity contribution in [3.05, 3.63) is 58.3 Å². The lowest BCUT2D eigenvalue weighted by molar-refractivity contribution is 0.415. The number of rotatable bonds is 9. The third-order valence-electron chi connectivity index (χ3n) is 4.79. The van der Waals surface area contributed by atoms with E-state index in [4.69, 9.17) is 4.74 Å². The van der Waals surface area contributed by atoms with Crippen LogP contribution in [-0.2, 0) is 17.1 Å². The van der Waals surface area contributed by atoms with Crippen molar-refractivity contribution in [2.45, 2.75) is 34.1 Å². The monoisotopic (exact) mass is 418 g/mol. The van der Waals surface area contributed by atoms with Gasteiger partial charge in [-0.1, -0.05) is 18.6 Å². The first-order valence-corrected chi connectivity index (χ1v) is 10.9. The number of ether oxygens (including phenoxy) is 1. The van der Waals surface area contributed by atoms with Gasteiger partial charge in [0.15, 0.2) is 0 Å². The highest BCUT2D eigenvalue weighted by molar-refractivity contribution is 7.96. The van der Waals surface area contributed by atoms with Crippen LogP contribution < -0.4 is 14.8 Å². The summed E-state index contributed by atoms with van der Waals surface area (Å²) < 4.78 is 34.8. The summed E-state index contributed by atoms with van der Waals surface area (Å²) in [6.45, 7) is 7.87. The molecule has 0 unspecified atom stereocenters. The van der Waals surface area contributed by atoms with Gasteiger partial charge in [0.25, 0.3) is 10.0 Å². The van der Waals surface area contributed by atoms with E-state index in [-0.39, 0.29) is 4.91 Å². The van der Waals surface area contributed by atoms with E-state index in [9.17, 15) is 8.42 Å². The highest BCUT2D eigenvalue weighted by atomic mass is 32.2. The Kier molecular flexibility index (Phi) is 7.50. The zero-order valence-electron chi connectivity index (χ0n) is 17.9. The summed E-state index contributed by atoms with van der Waals surface area (Å²) in [5.74, 6) is 0.803. The van der Waals surface area contributed by atoms with E-state index in [1.807, 2.05) is 44.2 Å². The van der Waals surface area contributed by atoms with Gasteiger partial charge >= 0.3 is 0 Å². The maximum absolute atomic E-state index is 12.7. The summed E-state index contributed by atoms with van der Waals surface area (Å²) in [5.41, 5.74) is 4.01. The van der Waals surface area contributed by atoms with Crippen LogP contribution in [0.5, 0.6) is 5.75 Å². The zero-order chi connectivity index (χ0) is 21.6. The lowest BCUT2D eigenvalue weighted by Crippen LogP contribution is -2.14. The predicted molar refractivity (Wildman–Crippen MR) is 119 cm³/mol. The second kappa shape index (κ2) is 9.65. The molecule has 2 aromatic rings. The van der Waals surface area contributed by atoms with Gasteiger partial charge in [0.05, 0.1) is 29.1 Å². The molecule has 1 heterocycles. The fraction of sp³-hybridized carbons (Fsp3) is 0.381. The van der Waals surface area contributed by atoms with Gasteiger partial charge in [-0.05, 0) is 57.5 Å². The SMILES string of the molecule is CC/C(=C\C=C(/C)S(=O)(=O)Nc1c(C)nn(C)c1C)CNc1ccc(OC)cc1. The van der Waals surface area contributed by atoms with E-state index in [0.717, 1.165) is 29.1 Å². The minimum absolute atomic E-state index is 0.246. The molecule has 0 aliphatic heterocycles. The Bertz CT molecular complexity index is 1000. The number of sulfonamides is 1. The maximum atomic E-state index is 12.7. The first-order chi connectivity index (χ1) is 13.7. The predicted octanol–water partition coefficient (Wildman–Crippen LogP) is 4.14. The summed E-state index contributed by atoms with van der Waals surface area (Å²) in [5, 5.41) is 7.59.